The van der Waals surface area contributed by atoms with Crippen molar-refractivity contribution in [1.82, 2.24) is 10.3 Å². The highest BCUT2D eigenvalue weighted by Crippen LogP contribution is 2.14. The molecule has 2 aromatic rings. The summed E-state index contributed by atoms with van der Waals surface area (Å²) in [4.78, 5) is 14.8. The van der Waals surface area contributed by atoms with Gasteiger partial charge in [0.25, 0.3) is 0 Å². The number of hydrogen-bond acceptors (Lipinski definition) is 1. The lowest BCUT2D eigenvalue weighted by atomic mass is 10.1. The van der Waals surface area contributed by atoms with Crippen molar-refractivity contribution >= 4 is 16.8 Å². The second-order valence-corrected chi connectivity index (χ2v) is 4.77. The molecule has 0 aliphatic heterocycles. The first-order chi connectivity index (χ1) is 8.15. The van der Waals surface area contributed by atoms with Gasteiger partial charge in [0.1, 0.15) is 0 Å². The Morgan fingerprint density at radius 1 is 1.35 bits per heavy atom. The fourth-order valence-electron chi connectivity index (χ4n) is 1.77. The van der Waals surface area contributed by atoms with E-state index in [1.165, 1.54) is 5.39 Å². The average molecular weight is 230 g/mol. The zero-order chi connectivity index (χ0) is 12.3. The number of amides is 1. The molecule has 0 radical (unpaired) electrons. The molecule has 0 aliphatic rings. The van der Waals surface area contributed by atoms with E-state index in [4.69, 9.17) is 0 Å². The number of aromatic nitrogens is 1. The number of carbonyl (C=O) groups is 1. The van der Waals surface area contributed by atoms with E-state index < -0.39 is 0 Å². The number of benzene rings is 1. The minimum atomic E-state index is 0.0876. The van der Waals surface area contributed by atoms with Gasteiger partial charge in [0.05, 0.1) is 6.42 Å². The first-order valence-corrected chi connectivity index (χ1v) is 5.98. The van der Waals surface area contributed by atoms with Crippen molar-refractivity contribution in [3.8, 4) is 0 Å². The largest absolute Gasteiger partial charge is 0.361 e. The van der Waals surface area contributed by atoms with E-state index >= 15 is 0 Å². The van der Waals surface area contributed by atoms with Gasteiger partial charge < -0.3 is 10.3 Å². The van der Waals surface area contributed by atoms with Crippen molar-refractivity contribution in [3.63, 3.8) is 0 Å². The molecule has 0 bridgehead atoms. The van der Waals surface area contributed by atoms with Crippen LogP contribution in [-0.4, -0.2) is 17.4 Å². The van der Waals surface area contributed by atoms with Crippen LogP contribution in [0.15, 0.2) is 30.5 Å². The number of hydrogen-bond donors (Lipinski definition) is 2. The highest BCUT2D eigenvalue weighted by molar-refractivity contribution is 5.83. The van der Waals surface area contributed by atoms with Gasteiger partial charge in [-0.15, -0.1) is 0 Å². The lowest BCUT2D eigenvalue weighted by Gasteiger charge is -2.07. The molecule has 1 heterocycles. The number of fused-ring (bicyclic) bond motifs is 1. The molecule has 17 heavy (non-hydrogen) atoms. The first-order valence-electron chi connectivity index (χ1n) is 5.98. The Kier molecular flexibility index (Phi) is 3.47. The Morgan fingerprint density at radius 3 is 2.94 bits per heavy atom. The Labute approximate surface area is 101 Å². The van der Waals surface area contributed by atoms with E-state index in [1.807, 2.05) is 30.5 Å². The van der Waals surface area contributed by atoms with E-state index in [0.717, 1.165) is 17.6 Å². The van der Waals surface area contributed by atoms with Crippen LogP contribution in [0.2, 0.25) is 0 Å². The summed E-state index contributed by atoms with van der Waals surface area (Å²) in [6.07, 6.45) is 2.36. The second kappa shape index (κ2) is 5.04. The summed E-state index contributed by atoms with van der Waals surface area (Å²) in [6.45, 7) is 4.92. The third-order valence-electron chi connectivity index (χ3n) is 2.69. The fourth-order valence-corrected chi connectivity index (χ4v) is 1.77. The van der Waals surface area contributed by atoms with Gasteiger partial charge in [0.15, 0.2) is 0 Å². The van der Waals surface area contributed by atoms with Gasteiger partial charge in [-0.3, -0.25) is 4.79 Å². The molecular formula is C14H18N2O. The van der Waals surface area contributed by atoms with Gasteiger partial charge in [-0.25, -0.2) is 0 Å². The van der Waals surface area contributed by atoms with Gasteiger partial charge in [0.2, 0.25) is 5.91 Å². The van der Waals surface area contributed by atoms with Crippen molar-refractivity contribution < 1.29 is 4.79 Å². The molecule has 2 N–H and O–H groups in total. The maximum Gasteiger partial charge on any atom is 0.224 e. The summed E-state index contributed by atoms with van der Waals surface area (Å²) >= 11 is 0. The Hall–Kier alpha value is -1.77. The molecule has 3 nitrogen and oxygen atoms in total. The van der Waals surface area contributed by atoms with E-state index in [0.29, 0.717) is 12.3 Å². The van der Waals surface area contributed by atoms with Crippen LogP contribution in [0.1, 0.15) is 19.4 Å². The molecule has 1 aromatic heterocycles. The van der Waals surface area contributed by atoms with Crippen molar-refractivity contribution in [2.45, 2.75) is 20.3 Å². The number of nitrogens with one attached hydrogen (secondary N) is 2. The second-order valence-electron chi connectivity index (χ2n) is 4.77. The maximum absolute atomic E-state index is 11.7. The van der Waals surface area contributed by atoms with E-state index in [-0.39, 0.29) is 5.91 Å². The zero-order valence-electron chi connectivity index (χ0n) is 10.3. The molecular weight excluding hydrogens is 212 g/mol. The summed E-state index contributed by atoms with van der Waals surface area (Å²) < 4.78 is 0. The molecule has 0 unspecified atom stereocenters. The molecule has 2 rings (SSSR count). The predicted molar refractivity (Wildman–Crippen MR) is 69.9 cm³/mol. The minimum Gasteiger partial charge on any atom is -0.361 e. The van der Waals surface area contributed by atoms with Crippen LogP contribution < -0.4 is 5.32 Å². The quantitative estimate of drug-likeness (QED) is 0.832. The highest BCUT2D eigenvalue weighted by Gasteiger charge is 2.05. The monoisotopic (exact) mass is 230 g/mol. The third kappa shape index (κ3) is 3.09. The lowest BCUT2D eigenvalue weighted by Crippen LogP contribution is -2.28. The molecule has 1 amide bonds. The van der Waals surface area contributed by atoms with Crippen molar-refractivity contribution in [3.05, 3.63) is 36.0 Å². The molecule has 0 saturated carbocycles. The molecule has 1 aromatic carbocycles. The normalized spacial score (nSPS) is 11.0. The lowest BCUT2D eigenvalue weighted by molar-refractivity contribution is -0.120. The van der Waals surface area contributed by atoms with Gasteiger partial charge in [-0.05, 0) is 29.0 Å². The van der Waals surface area contributed by atoms with E-state index in [1.54, 1.807) is 0 Å². The predicted octanol–water partition coefficient (Wildman–Crippen LogP) is 2.48. The maximum atomic E-state index is 11.7. The van der Waals surface area contributed by atoms with Crippen LogP contribution in [0.5, 0.6) is 0 Å². The summed E-state index contributed by atoms with van der Waals surface area (Å²) in [7, 11) is 0. The molecule has 0 saturated heterocycles. The number of carbonyl (C=O) groups excluding carboxylic acids is 1. The van der Waals surface area contributed by atoms with Crippen LogP contribution >= 0.6 is 0 Å². The Balaban J connectivity index is 2.00. The van der Waals surface area contributed by atoms with Crippen molar-refractivity contribution in [2.24, 2.45) is 5.92 Å². The minimum absolute atomic E-state index is 0.0876. The molecule has 90 valence electrons. The topological polar surface area (TPSA) is 44.9 Å². The Morgan fingerprint density at radius 2 is 2.18 bits per heavy atom. The van der Waals surface area contributed by atoms with Gasteiger partial charge in [-0.1, -0.05) is 26.0 Å². The van der Waals surface area contributed by atoms with Crippen LogP contribution in [0.3, 0.4) is 0 Å². The SMILES string of the molecule is CC(C)CNC(=O)Cc1ccc2cc[nH]c2c1. The molecule has 0 fully saturated rings. The van der Waals surface area contributed by atoms with Crippen LogP contribution in [0.25, 0.3) is 10.9 Å². The molecule has 0 atom stereocenters. The van der Waals surface area contributed by atoms with Crippen LogP contribution in [0, 0.1) is 5.92 Å². The van der Waals surface area contributed by atoms with Crippen molar-refractivity contribution in [2.75, 3.05) is 6.54 Å². The number of H-pyrrole nitrogens is 1. The number of aromatic amines is 1. The van der Waals surface area contributed by atoms with Crippen LogP contribution in [0.4, 0.5) is 0 Å². The summed E-state index contributed by atoms with van der Waals surface area (Å²) in [5.74, 6) is 0.578. The van der Waals surface area contributed by atoms with Gasteiger partial charge in [-0.2, -0.15) is 0 Å². The zero-order valence-corrected chi connectivity index (χ0v) is 10.3. The molecule has 3 heteroatoms. The molecule has 0 aliphatic carbocycles. The van der Waals surface area contributed by atoms with Crippen LogP contribution in [-0.2, 0) is 11.2 Å². The van der Waals surface area contributed by atoms with E-state index in [2.05, 4.69) is 24.1 Å². The summed E-state index contributed by atoms with van der Waals surface area (Å²) in [5.41, 5.74) is 2.13. The summed E-state index contributed by atoms with van der Waals surface area (Å²) in [6, 6.07) is 8.10. The van der Waals surface area contributed by atoms with Crippen molar-refractivity contribution in [1.29, 1.82) is 0 Å². The third-order valence-corrected chi connectivity index (χ3v) is 2.69. The van der Waals surface area contributed by atoms with E-state index in [9.17, 15) is 4.79 Å². The number of rotatable bonds is 4. The summed E-state index contributed by atoms with van der Waals surface area (Å²) in [5, 5.41) is 4.10. The van der Waals surface area contributed by atoms with Gasteiger partial charge in [0, 0.05) is 18.3 Å². The Bertz CT molecular complexity index is 514. The fraction of sp³-hybridized carbons (Fsp3) is 0.357. The molecule has 0 spiro atoms. The smallest absolute Gasteiger partial charge is 0.224 e. The van der Waals surface area contributed by atoms with Gasteiger partial charge >= 0.3 is 0 Å². The standard InChI is InChI=1S/C14H18N2O/c1-10(2)9-16-14(17)8-11-3-4-12-5-6-15-13(12)7-11/h3-7,10,15H,8-9H2,1-2H3,(H,16,17). The average Bonchev–Trinajstić information content (AvgIpc) is 2.73. The highest BCUT2D eigenvalue weighted by atomic mass is 16.1. The first kappa shape index (κ1) is 11.7.